The molecule has 2 aromatic heterocycles. The van der Waals surface area contributed by atoms with Crippen LogP contribution in [0.4, 0.5) is 5.82 Å². The molecule has 0 radical (unpaired) electrons. The number of fused-ring (bicyclic) bond motifs is 1. The van der Waals surface area contributed by atoms with Crippen molar-refractivity contribution < 1.29 is 0 Å². The Morgan fingerprint density at radius 2 is 2.00 bits per heavy atom. The predicted molar refractivity (Wildman–Crippen MR) is 81.6 cm³/mol. The van der Waals surface area contributed by atoms with E-state index >= 15 is 0 Å². The minimum absolute atomic E-state index is 0.00722. The minimum atomic E-state index is 0.00722. The molecule has 1 atom stereocenters. The van der Waals surface area contributed by atoms with E-state index in [1.807, 2.05) is 0 Å². The van der Waals surface area contributed by atoms with Crippen molar-refractivity contribution in [1.29, 1.82) is 0 Å². The molecular weight excluding hydrogens is 250 g/mol. The summed E-state index contributed by atoms with van der Waals surface area (Å²) in [6.45, 7) is 6.69. The minimum Gasteiger partial charge on any atom is -0.382 e. The number of hydrogen-bond acceptors (Lipinski definition) is 4. The van der Waals surface area contributed by atoms with Crippen LogP contribution in [0.15, 0.2) is 12.4 Å². The zero-order valence-electron chi connectivity index (χ0n) is 12.8. The van der Waals surface area contributed by atoms with Gasteiger partial charge in [0.05, 0.1) is 18.1 Å². The summed E-state index contributed by atoms with van der Waals surface area (Å²) in [5.41, 5.74) is 7.15. The highest BCUT2D eigenvalue weighted by Crippen LogP contribution is 2.36. The summed E-state index contributed by atoms with van der Waals surface area (Å²) in [6.07, 6.45) is 10.5. The van der Waals surface area contributed by atoms with Crippen molar-refractivity contribution in [3.63, 3.8) is 0 Å². The molecule has 0 fully saturated rings. The normalized spacial score (nSPS) is 14.6. The topological polar surface area (TPSA) is 69.1 Å². The summed E-state index contributed by atoms with van der Waals surface area (Å²) in [5.74, 6) is 1.16. The number of nitrogens with two attached hydrogens (primary N) is 1. The Morgan fingerprint density at radius 3 is 2.70 bits per heavy atom. The number of hydrogen-bond donors (Lipinski definition) is 1. The first-order valence-electron chi connectivity index (χ1n) is 7.58. The Labute approximate surface area is 120 Å². The fourth-order valence-corrected chi connectivity index (χ4v) is 2.78. The maximum absolute atomic E-state index is 6.13. The van der Waals surface area contributed by atoms with Crippen molar-refractivity contribution >= 4 is 11.6 Å². The predicted octanol–water partition coefficient (Wildman–Crippen LogP) is 3.34. The van der Waals surface area contributed by atoms with Crippen molar-refractivity contribution in [1.82, 2.24) is 19.6 Å². The molecule has 2 aromatic rings. The molecule has 0 aromatic carbocycles. The van der Waals surface area contributed by atoms with Crippen LogP contribution >= 0.6 is 0 Å². The fourth-order valence-electron chi connectivity index (χ4n) is 2.78. The molecule has 2 heterocycles. The molecule has 5 heteroatoms. The van der Waals surface area contributed by atoms with Gasteiger partial charge in [-0.2, -0.15) is 14.6 Å². The summed E-state index contributed by atoms with van der Waals surface area (Å²) >= 11 is 0. The third kappa shape index (κ3) is 2.76. The van der Waals surface area contributed by atoms with Crippen LogP contribution in [0.1, 0.15) is 65.0 Å². The summed E-state index contributed by atoms with van der Waals surface area (Å²) in [4.78, 5) is 8.57. The zero-order chi connectivity index (χ0) is 14.6. The lowest BCUT2D eigenvalue weighted by molar-refractivity contribution is 0.380. The Bertz CT molecular complexity index is 562. The Hall–Kier alpha value is -1.65. The SMILES string of the molecule is CCCCCCC(C)(CC)c1c(N)nc2nccnn12. The van der Waals surface area contributed by atoms with E-state index in [2.05, 4.69) is 35.8 Å². The van der Waals surface area contributed by atoms with Gasteiger partial charge in [-0.1, -0.05) is 46.5 Å². The summed E-state index contributed by atoms with van der Waals surface area (Å²) < 4.78 is 1.80. The molecule has 0 aliphatic heterocycles. The second-order valence-electron chi connectivity index (χ2n) is 5.73. The van der Waals surface area contributed by atoms with Crippen LogP contribution in [-0.2, 0) is 5.41 Å². The van der Waals surface area contributed by atoms with Crippen molar-refractivity contribution in [3.05, 3.63) is 18.1 Å². The molecule has 0 aliphatic carbocycles. The largest absolute Gasteiger partial charge is 0.382 e. The lowest BCUT2D eigenvalue weighted by Crippen LogP contribution is -2.25. The number of rotatable bonds is 7. The Balaban J connectivity index is 2.30. The number of anilines is 1. The quantitative estimate of drug-likeness (QED) is 0.787. The molecule has 2 rings (SSSR count). The van der Waals surface area contributed by atoms with E-state index in [-0.39, 0.29) is 5.41 Å². The van der Waals surface area contributed by atoms with E-state index in [9.17, 15) is 0 Å². The van der Waals surface area contributed by atoms with Crippen LogP contribution in [0.3, 0.4) is 0 Å². The van der Waals surface area contributed by atoms with Gasteiger partial charge in [0.25, 0.3) is 5.78 Å². The monoisotopic (exact) mass is 275 g/mol. The molecule has 5 nitrogen and oxygen atoms in total. The highest BCUT2D eigenvalue weighted by Gasteiger charge is 2.31. The van der Waals surface area contributed by atoms with Crippen LogP contribution in [0.2, 0.25) is 0 Å². The Morgan fingerprint density at radius 1 is 1.20 bits per heavy atom. The molecule has 110 valence electrons. The Kier molecular flexibility index (Phi) is 4.57. The molecule has 0 saturated carbocycles. The lowest BCUT2D eigenvalue weighted by Gasteiger charge is -2.28. The van der Waals surface area contributed by atoms with E-state index in [0.29, 0.717) is 11.6 Å². The van der Waals surface area contributed by atoms with Crippen molar-refractivity contribution in [3.8, 4) is 0 Å². The highest BCUT2D eigenvalue weighted by atomic mass is 15.3. The number of nitrogen functional groups attached to an aromatic ring is 1. The van der Waals surface area contributed by atoms with Gasteiger partial charge in [-0.3, -0.25) is 0 Å². The van der Waals surface area contributed by atoms with Crippen LogP contribution in [0, 0.1) is 0 Å². The maximum Gasteiger partial charge on any atom is 0.252 e. The van der Waals surface area contributed by atoms with Crippen LogP contribution in [0.25, 0.3) is 5.78 Å². The lowest BCUT2D eigenvalue weighted by atomic mass is 9.79. The maximum atomic E-state index is 6.13. The molecule has 0 amide bonds. The molecule has 0 spiro atoms. The van der Waals surface area contributed by atoms with Gasteiger partial charge in [-0.25, -0.2) is 4.98 Å². The van der Waals surface area contributed by atoms with Crippen LogP contribution in [0.5, 0.6) is 0 Å². The number of imidazole rings is 1. The average molecular weight is 275 g/mol. The second-order valence-corrected chi connectivity index (χ2v) is 5.73. The van der Waals surface area contributed by atoms with Crippen molar-refractivity contribution in [2.24, 2.45) is 0 Å². The summed E-state index contributed by atoms with van der Waals surface area (Å²) in [7, 11) is 0. The van der Waals surface area contributed by atoms with Gasteiger partial charge < -0.3 is 5.73 Å². The third-order valence-corrected chi connectivity index (χ3v) is 4.24. The molecular formula is C15H25N5. The highest BCUT2D eigenvalue weighted by molar-refractivity contribution is 5.49. The summed E-state index contributed by atoms with van der Waals surface area (Å²) in [5, 5.41) is 4.37. The summed E-state index contributed by atoms with van der Waals surface area (Å²) in [6, 6.07) is 0. The molecule has 2 N–H and O–H groups in total. The van der Waals surface area contributed by atoms with E-state index in [0.717, 1.165) is 18.5 Å². The van der Waals surface area contributed by atoms with Crippen LogP contribution in [-0.4, -0.2) is 19.6 Å². The smallest absolute Gasteiger partial charge is 0.252 e. The van der Waals surface area contributed by atoms with Gasteiger partial charge in [0.15, 0.2) is 0 Å². The van der Waals surface area contributed by atoms with E-state index in [1.165, 1.54) is 25.7 Å². The number of nitrogens with zero attached hydrogens (tertiary/aromatic N) is 4. The first kappa shape index (κ1) is 14.8. The molecule has 20 heavy (non-hydrogen) atoms. The second kappa shape index (κ2) is 6.20. The van der Waals surface area contributed by atoms with E-state index < -0.39 is 0 Å². The van der Waals surface area contributed by atoms with Gasteiger partial charge >= 0.3 is 0 Å². The van der Waals surface area contributed by atoms with Gasteiger partial charge in [0.2, 0.25) is 0 Å². The third-order valence-electron chi connectivity index (χ3n) is 4.24. The van der Waals surface area contributed by atoms with Gasteiger partial charge in [-0.15, -0.1) is 0 Å². The molecule has 0 saturated heterocycles. The number of unbranched alkanes of at least 4 members (excludes halogenated alkanes) is 3. The van der Waals surface area contributed by atoms with Crippen molar-refractivity contribution in [2.45, 2.75) is 64.7 Å². The fraction of sp³-hybridized carbons (Fsp3) is 0.667. The molecule has 0 aliphatic rings. The first-order valence-corrected chi connectivity index (χ1v) is 7.58. The average Bonchev–Trinajstić information content (AvgIpc) is 2.80. The van der Waals surface area contributed by atoms with Gasteiger partial charge in [0.1, 0.15) is 5.82 Å². The standard InChI is InChI=1S/C15H25N5/c1-4-6-7-8-9-15(3,5-2)12-13(16)19-14-17-10-11-18-20(12)14/h10-11H,4-9,16H2,1-3H3. The molecule has 1 unspecified atom stereocenters. The first-order chi connectivity index (χ1) is 9.62. The zero-order valence-corrected chi connectivity index (χ0v) is 12.8. The van der Waals surface area contributed by atoms with Gasteiger partial charge in [0, 0.05) is 5.41 Å². The van der Waals surface area contributed by atoms with Crippen molar-refractivity contribution in [2.75, 3.05) is 5.73 Å². The van der Waals surface area contributed by atoms with E-state index in [1.54, 1.807) is 16.9 Å². The van der Waals surface area contributed by atoms with Gasteiger partial charge in [-0.05, 0) is 12.8 Å². The van der Waals surface area contributed by atoms with E-state index in [4.69, 9.17) is 5.73 Å². The van der Waals surface area contributed by atoms with Crippen LogP contribution < -0.4 is 5.73 Å². The number of aromatic nitrogens is 4. The molecule has 0 bridgehead atoms.